The number of nitrogens with zero attached hydrogens (tertiary/aromatic N) is 4. The molecule has 0 N–H and O–H groups in total. The number of furan rings is 1. The van der Waals surface area contributed by atoms with Crippen LogP contribution in [0.1, 0.15) is 0 Å². The Balaban J connectivity index is 1.09. The molecule has 0 fully saturated rings. The van der Waals surface area contributed by atoms with Crippen molar-refractivity contribution in [2.75, 3.05) is 0 Å². The highest BCUT2D eigenvalue weighted by Gasteiger charge is 2.19. The maximum atomic E-state index is 6.47. The first-order valence-corrected chi connectivity index (χ1v) is 19.8. The topological polar surface area (TPSA) is 56.7 Å². The summed E-state index contributed by atoms with van der Waals surface area (Å²) in [6.07, 6.45) is 0. The van der Waals surface area contributed by atoms with Crippen LogP contribution in [0.2, 0.25) is 0 Å². The molecule has 0 saturated carbocycles. The molecule has 0 saturated heterocycles. The van der Waals surface area contributed by atoms with E-state index in [1.54, 1.807) is 0 Å². The van der Waals surface area contributed by atoms with Crippen LogP contribution in [0, 0.1) is 0 Å². The second-order valence-corrected chi connectivity index (χ2v) is 15.5. The molecule has 0 unspecified atom stereocenters. The van der Waals surface area contributed by atoms with Gasteiger partial charge in [0.1, 0.15) is 11.2 Å². The van der Waals surface area contributed by atoms with Gasteiger partial charge in [0.15, 0.2) is 17.5 Å². The zero-order chi connectivity index (χ0) is 37.5. The van der Waals surface area contributed by atoms with Crippen LogP contribution < -0.4 is 0 Å². The first kappa shape index (κ1) is 31.9. The lowest BCUT2D eigenvalue weighted by Gasteiger charge is -2.11. The van der Waals surface area contributed by atoms with E-state index in [9.17, 15) is 0 Å². The minimum Gasteiger partial charge on any atom is -0.456 e. The fourth-order valence-corrected chi connectivity index (χ4v) is 9.53. The lowest BCUT2D eigenvalue weighted by molar-refractivity contribution is 0.669. The van der Waals surface area contributed by atoms with E-state index >= 15 is 0 Å². The van der Waals surface area contributed by atoms with Gasteiger partial charge in [0.2, 0.25) is 0 Å². The molecule has 12 aromatic rings. The van der Waals surface area contributed by atoms with Crippen LogP contribution in [-0.2, 0) is 0 Å². The third-order valence-electron chi connectivity index (χ3n) is 11.0. The summed E-state index contributed by atoms with van der Waals surface area (Å²) in [5.41, 5.74) is 10.0. The summed E-state index contributed by atoms with van der Waals surface area (Å²) in [6.45, 7) is 0. The summed E-state index contributed by atoms with van der Waals surface area (Å²) < 4.78 is 11.3. The Kier molecular flexibility index (Phi) is 7.03. The summed E-state index contributed by atoms with van der Waals surface area (Å²) in [5.74, 6) is 1.82. The molecule has 0 amide bonds. The van der Waals surface area contributed by atoms with E-state index in [0.29, 0.717) is 17.5 Å². The summed E-state index contributed by atoms with van der Waals surface area (Å²) in [6, 6.07) is 63.7. The normalized spacial score (nSPS) is 11.9. The van der Waals surface area contributed by atoms with E-state index in [1.807, 2.05) is 17.4 Å². The van der Waals surface area contributed by atoms with E-state index < -0.39 is 0 Å². The molecule has 0 aliphatic heterocycles. The molecule has 0 aliphatic rings. The van der Waals surface area contributed by atoms with Crippen molar-refractivity contribution >= 4 is 75.3 Å². The molecular weight excluding hydrogens is 717 g/mol. The third kappa shape index (κ3) is 5.12. The van der Waals surface area contributed by atoms with Crippen LogP contribution >= 0.6 is 11.3 Å². The lowest BCUT2D eigenvalue weighted by atomic mass is 10.0. The zero-order valence-electron chi connectivity index (χ0n) is 30.4. The highest BCUT2D eigenvalue weighted by molar-refractivity contribution is 7.26. The van der Waals surface area contributed by atoms with Gasteiger partial charge in [-0.05, 0) is 77.9 Å². The third-order valence-corrected chi connectivity index (χ3v) is 12.2. The van der Waals surface area contributed by atoms with Crippen molar-refractivity contribution in [3.05, 3.63) is 182 Å². The number of hydrogen-bond donors (Lipinski definition) is 0. The molecule has 0 aliphatic carbocycles. The van der Waals surface area contributed by atoms with Gasteiger partial charge in [0, 0.05) is 64.1 Å². The molecule has 6 heteroatoms. The summed E-state index contributed by atoms with van der Waals surface area (Å²) in [5, 5.41) is 6.99. The molecule has 0 atom stereocenters. The molecule has 57 heavy (non-hydrogen) atoms. The first-order chi connectivity index (χ1) is 28.2. The second kappa shape index (κ2) is 12.6. The van der Waals surface area contributed by atoms with Gasteiger partial charge >= 0.3 is 0 Å². The van der Waals surface area contributed by atoms with Gasteiger partial charge < -0.3 is 8.98 Å². The lowest BCUT2D eigenvalue weighted by Crippen LogP contribution is -2.00. The SMILES string of the molecule is c1ccc(-c2cccc(-c3nc(-c4ccc5oc6ccc7sc8ccccc8c7c6c5c4)nc(-c4ccc5c6ccccc6n(-c6ccccc6)c5c4)n3)c2)cc1. The van der Waals surface area contributed by atoms with Gasteiger partial charge in [-0.2, -0.15) is 0 Å². The molecule has 5 nitrogen and oxygen atoms in total. The van der Waals surface area contributed by atoms with Crippen molar-refractivity contribution in [2.45, 2.75) is 0 Å². The van der Waals surface area contributed by atoms with E-state index in [4.69, 9.17) is 19.4 Å². The molecule has 0 spiro atoms. The largest absolute Gasteiger partial charge is 0.456 e. The molecule has 266 valence electrons. The molecule has 0 radical (unpaired) electrons. The van der Waals surface area contributed by atoms with Crippen molar-refractivity contribution in [1.29, 1.82) is 0 Å². The Morgan fingerprint density at radius 1 is 0.368 bits per heavy atom. The average molecular weight is 747 g/mol. The number of para-hydroxylation sites is 2. The molecular formula is C51H30N4OS. The van der Waals surface area contributed by atoms with E-state index in [0.717, 1.165) is 66.5 Å². The molecule has 8 aromatic carbocycles. The summed E-state index contributed by atoms with van der Waals surface area (Å²) in [7, 11) is 0. The summed E-state index contributed by atoms with van der Waals surface area (Å²) in [4.78, 5) is 15.7. The van der Waals surface area contributed by atoms with Gasteiger partial charge in [-0.25, -0.2) is 15.0 Å². The number of aromatic nitrogens is 4. The maximum Gasteiger partial charge on any atom is 0.164 e. The molecule has 4 aromatic heterocycles. The van der Waals surface area contributed by atoms with Crippen molar-refractivity contribution in [2.24, 2.45) is 0 Å². The molecule has 12 rings (SSSR count). The van der Waals surface area contributed by atoms with Crippen molar-refractivity contribution in [3.63, 3.8) is 0 Å². The van der Waals surface area contributed by atoms with E-state index in [-0.39, 0.29) is 0 Å². The minimum absolute atomic E-state index is 0.599. The van der Waals surface area contributed by atoms with Crippen molar-refractivity contribution in [1.82, 2.24) is 19.5 Å². The Morgan fingerprint density at radius 2 is 0.982 bits per heavy atom. The number of fused-ring (bicyclic) bond motifs is 10. The second-order valence-electron chi connectivity index (χ2n) is 14.4. The number of hydrogen-bond acceptors (Lipinski definition) is 5. The van der Waals surface area contributed by atoms with Crippen LogP contribution in [0.4, 0.5) is 0 Å². The fourth-order valence-electron chi connectivity index (χ4n) is 8.42. The van der Waals surface area contributed by atoms with Crippen LogP contribution in [0.25, 0.3) is 115 Å². The monoisotopic (exact) mass is 746 g/mol. The number of benzene rings is 8. The predicted octanol–water partition coefficient (Wildman–Crippen LogP) is 13.9. The Morgan fingerprint density at radius 3 is 1.81 bits per heavy atom. The number of thiophene rings is 1. The Hall–Kier alpha value is -7.41. The van der Waals surface area contributed by atoms with Gasteiger partial charge in [0.05, 0.1) is 11.0 Å². The summed E-state index contributed by atoms with van der Waals surface area (Å²) >= 11 is 1.81. The van der Waals surface area contributed by atoms with Crippen LogP contribution in [0.15, 0.2) is 186 Å². The van der Waals surface area contributed by atoms with Gasteiger partial charge in [-0.1, -0.05) is 115 Å². The minimum atomic E-state index is 0.599. The quantitative estimate of drug-likeness (QED) is 0.176. The first-order valence-electron chi connectivity index (χ1n) is 19.0. The Bertz CT molecular complexity index is 3530. The van der Waals surface area contributed by atoms with E-state index in [2.05, 4.69) is 180 Å². The fraction of sp³-hybridized carbons (Fsp3) is 0. The van der Waals surface area contributed by atoms with Crippen LogP contribution in [-0.4, -0.2) is 19.5 Å². The van der Waals surface area contributed by atoms with Crippen molar-refractivity contribution in [3.8, 4) is 51.0 Å². The predicted molar refractivity (Wildman–Crippen MR) is 236 cm³/mol. The van der Waals surface area contributed by atoms with Gasteiger partial charge in [-0.3, -0.25) is 0 Å². The van der Waals surface area contributed by atoms with Crippen LogP contribution in [0.3, 0.4) is 0 Å². The highest BCUT2D eigenvalue weighted by atomic mass is 32.1. The Labute approximate surface area is 330 Å². The molecule has 0 bridgehead atoms. The van der Waals surface area contributed by atoms with E-state index in [1.165, 1.54) is 30.9 Å². The number of rotatable bonds is 5. The highest BCUT2D eigenvalue weighted by Crippen LogP contribution is 2.43. The maximum absolute atomic E-state index is 6.47. The van der Waals surface area contributed by atoms with Gasteiger partial charge in [-0.15, -0.1) is 11.3 Å². The smallest absolute Gasteiger partial charge is 0.164 e. The van der Waals surface area contributed by atoms with Crippen molar-refractivity contribution < 1.29 is 4.42 Å². The van der Waals surface area contributed by atoms with Crippen LogP contribution in [0.5, 0.6) is 0 Å². The van der Waals surface area contributed by atoms with Gasteiger partial charge in [0.25, 0.3) is 0 Å². The standard InChI is InChI=1S/C51H30N4OS/c1-3-12-31(13-4-1)32-14-11-15-33(28-32)49-52-50(34-23-25-43-40(29-34)47-44(56-43)26-27-46-48(47)39-19-8-10-21-45(39)57-46)54-51(53-49)35-22-24-38-37-18-7-9-20-41(37)55(42(38)30-35)36-16-5-2-6-17-36/h1-30H. The average Bonchev–Trinajstić information content (AvgIpc) is 3.95. The zero-order valence-corrected chi connectivity index (χ0v) is 31.2. The molecule has 4 heterocycles.